The molecule has 1 fully saturated rings. The summed E-state index contributed by atoms with van der Waals surface area (Å²) in [7, 11) is 1.39. The lowest BCUT2D eigenvalue weighted by molar-refractivity contribution is -0.108. The van der Waals surface area contributed by atoms with Gasteiger partial charge in [-0.05, 0) is 18.8 Å². The van der Waals surface area contributed by atoms with E-state index in [1.165, 1.54) is 7.11 Å². The predicted molar refractivity (Wildman–Crippen MR) is 52.0 cm³/mol. The van der Waals surface area contributed by atoms with Crippen molar-refractivity contribution < 1.29 is 14.3 Å². The van der Waals surface area contributed by atoms with Crippen molar-refractivity contribution in [2.45, 2.75) is 25.7 Å². The maximum absolute atomic E-state index is 11.3. The fraction of sp³-hybridized carbons (Fsp3) is 0.800. The van der Waals surface area contributed by atoms with Crippen molar-refractivity contribution in [1.29, 1.82) is 0 Å². The van der Waals surface area contributed by atoms with Gasteiger partial charge in [0.2, 0.25) is 0 Å². The fourth-order valence-corrected chi connectivity index (χ4v) is 1.85. The summed E-state index contributed by atoms with van der Waals surface area (Å²) >= 11 is 0. The first-order valence-electron chi connectivity index (χ1n) is 5.04. The zero-order valence-corrected chi connectivity index (χ0v) is 8.57. The van der Waals surface area contributed by atoms with E-state index in [1.807, 2.05) is 0 Å². The van der Waals surface area contributed by atoms with Gasteiger partial charge in [0, 0.05) is 19.5 Å². The molecule has 0 aromatic carbocycles. The van der Waals surface area contributed by atoms with Gasteiger partial charge in [0.05, 0.1) is 7.11 Å². The van der Waals surface area contributed by atoms with Crippen LogP contribution in [-0.4, -0.2) is 37.5 Å². The maximum Gasteiger partial charge on any atom is 0.409 e. The van der Waals surface area contributed by atoms with Gasteiger partial charge < -0.3 is 14.4 Å². The van der Waals surface area contributed by atoms with Crippen LogP contribution in [0.25, 0.3) is 0 Å². The van der Waals surface area contributed by atoms with Crippen molar-refractivity contribution in [3.63, 3.8) is 0 Å². The maximum atomic E-state index is 11.3. The van der Waals surface area contributed by atoms with Crippen LogP contribution in [0.1, 0.15) is 25.7 Å². The Bertz CT molecular complexity index is 206. The average molecular weight is 199 g/mol. The van der Waals surface area contributed by atoms with E-state index >= 15 is 0 Å². The largest absolute Gasteiger partial charge is 0.453 e. The van der Waals surface area contributed by atoms with Gasteiger partial charge in [-0.25, -0.2) is 4.79 Å². The number of hydrogen-bond donors (Lipinski definition) is 0. The summed E-state index contributed by atoms with van der Waals surface area (Å²) in [5, 5.41) is 0. The minimum absolute atomic E-state index is 0.275. The lowest BCUT2D eigenvalue weighted by Gasteiger charge is -2.21. The molecule has 1 heterocycles. The minimum Gasteiger partial charge on any atom is -0.453 e. The molecule has 1 aliphatic rings. The number of amides is 1. The second-order valence-corrected chi connectivity index (χ2v) is 3.68. The Labute approximate surface area is 84.2 Å². The Hall–Kier alpha value is -1.06. The first kappa shape index (κ1) is 11.0. The SMILES string of the molecule is COC(=O)N1CCCCC(CC=O)C1. The zero-order valence-electron chi connectivity index (χ0n) is 8.57. The van der Waals surface area contributed by atoms with E-state index in [2.05, 4.69) is 4.74 Å². The Morgan fingerprint density at radius 2 is 2.36 bits per heavy atom. The second-order valence-electron chi connectivity index (χ2n) is 3.68. The van der Waals surface area contributed by atoms with Crippen LogP contribution in [0.4, 0.5) is 4.79 Å². The number of ether oxygens (including phenoxy) is 1. The van der Waals surface area contributed by atoms with Crippen molar-refractivity contribution in [3.05, 3.63) is 0 Å². The summed E-state index contributed by atoms with van der Waals surface area (Å²) in [6, 6.07) is 0. The lowest BCUT2D eigenvalue weighted by atomic mass is 10.0. The lowest BCUT2D eigenvalue weighted by Crippen LogP contribution is -2.34. The molecule has 4 nitrogen and oxygen atoms in total. The molecule has 1 unspecified atom stereocenters. The van der Waals surface area contributed by atoms with Crippen molar-refractivity contribution >= 4 is 12.4 Å². The van der Waals surface area contributed by atoms with Gasteiger partial charge >= 0.3 is 6.09 Å². The molecular formula is C10H17NO3. The van der Waals surface area contributed by atoms with Crippen molar-refractivity contribution in [2.75, 3.05) is 20.2 Å². The molecule has 1 amide bonds. The van der Waals surface area contributed by atoms with Gasteiger partial charge in [0.1, 0.15) is 6.29 Å². The smallest absolute Gasteiger partial charge is 0.409 e. The van der Waals surface area contributed by atoms with Crippen LogP contribution in [-0.2, 0) is 9.53 Å². The molecular weight excluding hydrogens is 182 g/mol. The van der Waals surface area contributed by atoms with E-state index in [0.29, 0.717) is 18.9 Å². The Kier molecular flexibility index (Phi) is 4.43. The molecule has 1 atom stereocenters. The Balaban J connectivity index is 2.50. The number of rotatable bonds is 2. The molecule has 14 heavy (non-hydrogen) atoms. The second kappa shape index (κ2) is 5.62. The number of nitrogens with zero attached hydrogens (tertiary/aromatic N) is 1. The number of carbonyl (C=O) groups excluding carboxylic acids is 2. The summed E-state index contributed by atoms with van der Waals surface area (Å²) in [5.74, 6) is 0.314. The van der Waals surface area contributed by atoms with Crippen LogP contribution in [0, 0.1) is 5.92 Å². The number of likely N-dealkylation sites (tertiary alicyclic amines) is 1. The summed E-state index contributed by atoms with van der Waals surface area (Å²) in [4.78, 5) is 23.4. The molecule has 1 aliphatic heterocycles. The standard InChI is InChI=1S/C10H17NO3/c1-14-10(13)11-6-3-2-4-9(8-11)5-7-12/h7,9H,2-6,8H2,1H3. The molecule has 0 bridgehead atoms. The first-order chi connectivity index (χ1) is 6.77. The van der Waals surface area contributed by atoms with Gasteiger partial charge in [-0.3, -0.25) is 0 Å². The molecule has 0 saturated carbocycles. The van der Waals surface area contributed by atoms with Crippen molar-refractivity contribution in [2.24, 2.45) is 5.92 Å². The molecule has 4 heteroatoms. The van der Waals surface area contributed by atoms with Crippen LogP contribution < -0.4 is 0 Å². The zero-order chi connectivity index (χ0) is 10.4. The molecule has 0 aromatic heterocycles. The normalized spacial score (nSPS) is 22.6. The summed E-state index contributed by atoms with van der Waals surface area (Å²) in [5.41, 5.74) is 0. The van der Waals surface area contributed by atoms with Crippen molar-refractivity contribution in [1.82, 2.24) is 4.90 Å². The van der Waals surface area contributed by atoms with E-state index in [4.69, 9.17) is 0 Å². The highest BCUT2D eigenvalue weighted by atomic mass is 16.5. The third-order valence-corrected chi connectivity index (χ3v) is 2.63. The first-order valence-corrected chi connectivity index (χ1v) is 5.04. The predicted octanol–water partition coefficient (Wildman–Crippen LogP) is 1.44. The molecule has 0 spiro atoms. The summed E-state index contributed by atoms with van der Waals surface area (Å²) in [6.07, 6.45) is 4.34. The number of carbonyl (C=O) groups is 2. The molecule has 0 N–H and O–H groups in total. The topological polar surface area (TPSA) is 46.6 Å². The third kappa shape index (κ3) is 3.01. The van der Waals surface area contributed by atoms with E-state index in [0.717, 1.165) is 32.1 Å². The molecule has 1 rings (SSSR count). The third-order valence-electron chi connectivity index (χ3n) is 2.63. The number of methoxy groups -OCH3 is 1. The van der Waals surface area contributed by atoms with Gasteiger partial charge in [-0.1, -0.05) is 6.42 Å². The molecule has 1 saturated heterocycles. The Morgan fingerprint density at radius 1 is 1.57 bits per heavy atom. The average Bonchev–Trinajstić information content (AvgIpc) is 2.43. The molecule has 80 valence electrons. The number of aldehydes is 1. The van der Waals surface area contributed by atoms with Gasteiger partial charge in [0.15, 0.2) is 0 Å². The van der Waals surface area contributed by atoms with Crippen LogP contribution >= 0.6 is 0 Å². The highest BCUT2D eigenvalue weighted by molar-refractivity contribution is 5.67. The highest BCUT2D eigenvalue weighted by Crippen LogP contribution is 2.18. The van der Waals surface area contributed by atoms with E-state index in [1.54, 1.807) is 4.90 Å². The van der Waals surface area contributed by atoms with E-state index < -0.39 is 0 Å². The quantitative estimate of drug-likeness (QED) is 0.632. The van der Waals surface area contributed by atoms with Crippen LogP contribution in [0.2, 0.25) is 0 Å². The summed E-state index contributed by atoms with van der Waals surface area (Å²) < 4.78 is 4.67. The molecule has 0 aromatic rings. The van der Waals surface area contributed by atoms with Crippen molar-refractivity contribution in [3.8, 4) is 0 Å². The highest BCUT2D eigenvalue weighted by Gasteiger charge is 2.21. The molecule has 0 aliphatic carbocycles. The van der Waals surface area contributed by atoms with Crippen LogP contribution in [0.15, 0.2) is 0 Å². The van der Waals surface area contributed by atoms with Crippen LogP contribution in [0.3, 0.4) is 0 Å². The Morgan fingerprint density at radius 3 is 3.00 bits per heavy atom. The van der Waals surface area contributed by atoms with E-state index in [-0.39, 0.29) is 6.09 Å². The van der Waals surface area contributed by atoms with Gasteiger partial charge in [0.25, 0.3) is 0 Å². The number of hydrogen-bond acceptors (Lipinski definition) is 3. The summed E-state index contributed by atoms with van der Waals surface area (Å²) in [6.45, 7) is 1.41. The van der Waals surface area contributed by atoms with Gasteiger partial charge in [-0.2, -0.15) is 0 Å². The van der Waals surface area contributed by atoms with Gasteiger partial charge in [-0.15, -0.1) is 0 Å². The fourth-order valence-electron chi connectivity index (χ4n) is 1.85. The van der Waals surface area contributed by atoms with E-state index in [9.17, 15) is 9.59 Å². The minimum atomic E-state index is -0.275. The van der Waals surface area contributed by atoms with Crippen LogP contribution in [0.5, 0.6) is 0 Å². The monoisotopic (exact) mass is 199 g/mol. The molecule has 0 radical (unpaired) electrons.